The van der Waals surface area contributed by atoms with Gasteiger partial charge in [-0.1, -0.05) is 30.3 Å². The summed E-state index contributed by atoms with van der Waals surface area (Å²) in [6.45, 7) is 2.92. The summed E-state index contributed by atoms with van der Waals surface area (Å²) in [6, 6.07) is 12.5. The quantitative estimate of drug-likeness (QED) is 0.650. The molecule has 1 aromatic carbocycles. The van der Waals surface area contributed by atoms with E-state index in [1.807, 2.05) is 13.1 Å². The number of thiophene rings is 1. The first kappa shape index (κ1) is 11.9. The molecule has 0 aliphatic carbocycles. The molecular weight excluding hydrogens is 228 g/mol. The van der Waals surface area contributed by atoms with Gasteiger partial charge in [-0.2, -0.15) is 0 Å². The first-order valence-electron chi connectivity index (χ1n) is 5.59. The molecular formula is C14H16N2S. The summed E-state index contributed by atoms with van der Waals surface area (Å²) in [4.78, 5) is 5.61. The van der Waals surface area contributed by atoms with Crippen LogP contribution in [0.15, 0.2) is 46.8 Å². The third-order valence-electron chi connectivity index (χ3n) is 2.53. The monoisotopic (exact) mass is 244 g/mol. The second-order valence-corrected chi connectivity index (χ2v) is 4.97. The summed E-state index contributed by atoms with van der Waals surface area (Å²) in [6.07, 6.45) is 0. The van der Waals surface area contributed by atoms with Gasteiger partial charge in [-0.05, 0) is 18.6 Å². The Labute approximate surface area is 106 Å². The van der Waals surface area contributed by atoms with Crippen LogP contribution in [0.5, 0.6) is 0 Å². The molecule has 0 aliphatic rings. The van der Waals surface area contributed by atoms with Crippen LogP contribution in [-0.2, 0) is 6.54 Å². The van der Waals surface area contributed by atoms with Gasteiger partial charge in [0.25, 0.3) is 0 Å². The molecule has 1 heterocycles. The van der Waals surface area contributed by atoms with Gasteiger partial charge in [0.05, 0.1) is 0 Å². The number of aliphatic imine (C=N–C) groups is 1. The van der Waals surface area contributed by atoms with Crippen molar-refractivity contribution in [1.82, 2.24) is 5.32 Å². The van der Waals surface area contributed by atoms with Crippen molar-refractivity contribution < 1.29 is 0 Å². The number of benzene rings is 1. The third-order valence-corrected chi connectivity index (χ3v) is 3.39. The highest BCUT2D eigenvalue weighted by atomic mass is 32.1. The zero-order valence-electron chi connectivity index (χ0n) is 10.1. The van der Waals surface area contributed by atoms with Crippen molar-refractivity contribution in [2.45, 2.75) is 13.5 Å². The molecule has 2 aromatic rings. The first-order chi connectivity index (χ1) is 8.29. The van der Waals surface area contributed by atoms with Crippen LogP contribution < -0.4 is 5.32 Å². The fourth-order valence-corrected chi connectivity index (χ4v) is 2.35. The van der Waals surface area contributed by atoms with Crippen LogP contribution in [0, 0.1) is 6.92 Å². The molecule has 0 saturated carbocycles. The van der Waals surface area contributed by atoms with Crippen LogP contribution in [0.1, 0.15) is 16.0 Å². The minimum absolute atomic E-state index is 0.808. The summed E-state index contributed by atoms with van der Waals surface area (Å²) in [5.41, 5.74) is 2.44. The van der Waals surface area contributed by atoms with Gasteiger partial charge in [0.2, 0.25) is 0 Å². The van der Waals surface area contributed by atoms with Gasteiger partial charge >= 0.3 is 0 Å². The van der Waals surface area contributed by atoms with Gasteiger partial charge in [-0.25, -0.2) is 0 Å². The average molecular weight is 244 g/mol. The number of hydrogen-bond acceptors (Lipinski definition) is 2. The zero-order chi connectivity index (χ0) is 12.1. The lowest BCUT2D eigenvalue weighted by Crippen LogP contribution is -2.23. The summed E-state index contributed by atoms with van der Waals surface area (Å²) in [7, 11) is 1.82. The van der Waals surface area contributed by atoms with Crippen molar-refractivity contribution in [3.8, 4) is 0 Å². The van der Waals surface area contributed by atoms with Gasteiger partial charge in [0.1, 0.15) is 5.84 Å². The fraction of sp³-hybridized carbons (Fsp3) is 0.214. The van der Waals surface area contributed by atoms with Gasteiger partial charge in [-0.15, -0.1) is 11.3 Å². The molecule has 2 nitrogen and oxygen atoms in total. The summed E-state index contributed by atoms with van der Waals surface area (Å²) in [5, 5.41) is 5.51. The molecule has 0 fully saturated rings. The van der Waals surface area contributed by atoms with Crippen LogP contribution in [0.2, 0.25) is 0 Å². The Morgan fingerprint density at radius 1 is 1.29 bits per heavy atom. The minimum Gasteiger partial charge on any atom is -0.366 e. The highest BCUT2D eigenvalue weighted by Crippen LogP contribution is 2.13. The maximum Gasteiger partial charge on any atom is 0.129 e. The number of aryl methyl sites for hydroxylation is 1. The number of rotatable bonds is 3. The standard InChI is InChI=1S/C14H16N2S/c1-11-8-13(10-17-11)14(15-2)16-9-12-6-4-3-5-7-12/h3-8,10H,9H2,1-2H3,(H,15,16). The van der Waals surface area contributed by atoms with Gasteiger partial charge in [0.15, 0.2) is 0 Å². The molecule has 0 aliphatic heterocycles. The second kappa shape index (κ2) is 5.64. The van der Waals surface area contributed by atoms with E-state index in [4.69, 9.17) is 0 Å². The number of nitrogens with one attached hydrogen (secondary N) is 1. The Morgan fingerprint density at radius 2 is 2.06 bits per heavy atom. The molecule has 1 aromatic heterocycles. The van der Waals surface area contributed by atoms with Crippen molar-refractivity contribution in [2.75, 3.05) is 7.05 Å². The van der Waals surface area contributed by atoms with Crippen LogP contribution >= 0.6 is 11.3 Å². The van der Waals surface area contributed by atoms with Gasteiger partial charge in [-0.3, -0.25) is 4.99 Å². The molecule has 3 heteroatoms. The average Bonchev–Trinajstić information content (AvgIpc) is 2.78. The van der Waals surface area contributed by atoms with E-state index >= 15 is 0 Å². The molecule has 1 N–H and O–H groups in total. The Bertz CT molecular complexity index is 500. The van der Waals surface area contributed by atoms with Crippen LogP contribution in [-0.4, -0.2) is 12.9 Å². The van der Waals surface area contributed by atoms with Crippen LogP contribution in [0.4, 0.5) is 0 Å². The summed E-state index contributed by atoms with van der Waals surface area (Å²) >= 11 is 1.75. The molecule has 2 rings (SSSR count). The highest BCUT2D eigenvalue weighted by Gasteiger charge is 2.04. The summed E-state index contributed by atoms with van der Waals surface area (Å²) in [5.74, 6) is 0.957. The molecule has 0 amide bonds. The van der Waals surface area contributed by atoms with Crippen molar-refractivity contribution in [3.63, 3.8) is 0 Å². The van der Waals surface area contributed by atoms with E-state index in [2.05, 4.69) is 52.9 Å². The maximum absolute atomic E-state index is 4.30. The molecule has 88 valence electrons. The fourth-order valence-electron chi connectivity index (χ4n) is 1.66. The van der Waals surface area contributed by atoms with Gasteiger partial charge in [0, 0.05) is 29.4 Å². The van der Waals surface area contributed by atoms with Crippen LogP contribution in [0.25, 0.3) is 0 Å². The number of hydrogen-bond donors (Lipinski definition) is 1. The molecule has 0 spiro atoms. The van der Waals surface area contributed by atoms with Gasteiger partial charge < -0.3 is 5.32 Å². The Balaban J connectivity index is 2.02. The highest BCUT2D eigenvalue weighted by molar-refractivity contribution is 7.10. The predicted molar refractivity (Wildman–Crippen MR) is 74.8 cm³/mol. The first-order valence-corrected chi connectivity index (χ1v) is 6.47. The molecule has 0 saturated heterocycles. The molecule has 0 unspecified atom stereocenters. The van der Waals surface area contributed by atoms with E-state index in [9.17, 15) is 0 Å². The molecule has 0 atom stereocenters. The van der Waals surface area contributed by atoms with E-state index in [1.165, 1.54) is 16.0 Å². The largest absolute Gasteiger partial charge is 0.366 e. The predicted octanol–water partition coefficient (Wildman–Crippen LogP) is 3.22. The number of nitrogens with zero attached hydrogens (tertiary/aromatic N) is 1. The van der Waals surface area contributed by atoms with Crippen molar-refractivity contribution in [1.29, 1.82) is 0 Å². The van der Waals surface area contributed by atoms with E-state index in [0.717, 1.165) is 12.4 Å². The third kappa shape index (κ3) is 3.17. The van der Waals surface area contributed by atoms with Crippen molar-refractivity contribution in [3.05, 3.63) is 57.8 Å². The Kier molecular flexibility index (Phi) is 3.94. The smallest absolute Gasteiger partial charge is 0.129 e. The molecule has 17 heavy (non-hydrogen) atoms. The maximum atomic E-state index is 4.30. The van der Waals surface area contributed by atoms with Crippen molar-refractivity contribution >= 4 is 17.2 Å². The zero-order valence-corrected chi connectivity index (χ0v) is 10.9. The Morgan fingerprint density at radius 3 is 2.65 bits per heavy atom. The van der Waals surface area contributed by atoms with Crippen LogP contribution in [0.3, 0.4) is 0 Å². The topological polar surface area (TPSA) is 24.4 Å². The molecule has 0 radical (unpaired) electrons. The minimum atomic E-state index is 0.808. The lowest BCUT2D eigenvalue weighted by atomic mass is 10.2. The Hall–Kier alpha value is -1.61. The van der Waals surface area contributed by atoms with E-state index in [-0.39, 0.29) is 0 Å². The van der Waals surface area contributed by atoms with E-state index in [0.29, 0.717) is 0 Å². The number of amidine groups is 1. The molecule has 0 bridgehead atoms. The summed E-state index contributed by atoms with van der Waals surface area (Å²) < 4.78 is 0. The van der Waals surface area contributed by atoms with E-state index < -0.39 is 0 Å². The van der Waals surface area contributed by atoms with E-state index in [1.54, 1.807) is 11.3 Å². The lowest BCUT2D eigenvalue weighted by Gasteiger charge is -2.07. The SMILES string of the molecule is CN=C(NCc1ccccc1)c1csc(C)c1. The lowest BCUT2D eigenvalue weighted by molar-refractivity contribution is 0.912. The van der Waals surface area contributed by atoms with Crippen molar-refractivity contribution in [2.24, 2.45) is 4.99 Å². The second-order valence-electron chi connectivity index (χ2n) is 3.86. The normalized spacial score (nSPS) is 11.5.